The number of benzene rings is 1. The maximum absolute atomic E-state index is 12.8. The van der Waals surface area contributed by atoms with Gasteiger partial charge >= 0.3 is 0 Å². The lowest BCUT2D eigenvalue weighted by molar-refractivity contribution is -0.140. The van der Waals surface area contributed by atoms with Crippen LogP contribution in [0.25, 0.3) is 5.76 Å². The number of hydrogen-bond acceptors (Lipinski definition) is 6. The largest absolute Gasteiger partial charge is 0.507 e. The van der Waals surface area contributed by atoms with E-state index in [0.29, 0.717) is 16.9 Å². The van der Waals surface area contributed by atoms with Crippen molar-refractivity contribution >= 4 is 17.4 Å². The smallest absolute Gasteiger partial charge is 0.295 e. The average Bonchev–Trinajstić information content (AvgIpc) is 2.96. The Bertz CT molecular complexity index is 924. The van der Waals surface area contributed by atoms with Crippen molar-refractivity contribution in [1.82, 2.24) is 9.88 Å². The zero-order chi connectivity index (χ0) is 21.0. The Morgan fingerprint density at radius 3 is 2.59 bits per heavy atom. The minimum atomic E-state index is -0.726. The molecule has 3 rings (SSSR count). The van der Waals surface area contributed by atoms with Crippen molar-refractivity contribution in [2.45, 2.75) is 26.0 Å². The average molecular weight is 396 g/mol. The Balaban J connectivity index is 2.11. The Morgan fingerprint density at radius 2 is 1.93 bits per heavy atom. The molecule has 1 fully saturated rings. The van der Waals surface area contributed by atoms with Crippen LogP contribution in [-0.4, -0.2) is 53.0 Å². The summed E-state index contributed by atoms with van der Waals surface area (Å²) in [6.45, 7) is 4.29. The standard InChI is InChI=1S/C22H24N2O5/c1-14(2)29-17-6-4-5-16(13-17)20(25)18-19(15-7-9-23-10-8-15)24(11-12-28-3)22(27)21(18)26/h4-10,13-14,19,25H,11-12H2,1-3H3/b20-18-. The zero-order valence-corrected chi connectivity index (χ0v) is 16.7. The van der Waals surface area contributed by atoms with Crippen molar-refractivity contribution in [3.63, 3.8) is 0 Å². The first-order chi connectivity index (χ1) is 13.9. The van der Waals surface area contributed by atoms with Crippen molar-refractivity contribution in [3.8, 4) is 5.75 Å². The van der Waals surface area contributed by atoms with Crippen LogP contribution in [0.4, 0.5) is 0 Å². The number of ether oxygens (including phenoxy) is 2. The van der Waals surface area contributed by atoms with Gasteiger partial charge in [0, 0.05) is 31.6 Å². The van der Waals surface area contributed by atoms with Gasteiger partial charge in [0.25, 0.3) is 11.7 Å². The predicted molar refractivity (Wildman–Crippen MR) is 107 cm³/mol. The number of pyridine rings is 1. The number of aliphatic hydroxyl groups is 1. The van der Waals surface area contributed by atoms with Crippen molar-refractivity contribution in [1.29, 1.82) is 0 Å². The second-order valence-electron chi connectivity index (χ2n) is 6.96. The Morgan fingerprint density at radius 1 is 1.21 bits per heavy atom. The first-order valence-corrected chi connectivity index (χ1v) is 9.38. The fourth-order valence-electron chi connectivity index (χ4n) is 3.34. The maximum Gasteiger partial charge on any atom is 0.295 e. The molecule has 1 aliphatic rings. The molecule has 1 unspecified atom stereocenters. The molecular formula is C22H24N2O5. The number of amides is 1. The number of methoxy groups -OCH3 is 1. The third-order valence-corrected chi connectivity index (χ3v) is 4.58. The molecule has 1 N–H and O–H groups in total. The molecule has 152 valence electrons. The molecule has 2 heterocycles. The number of Topliss-reactive ketones (excluding diaryl/α,β-unsaturated/α-hetero) is 1. The van der Waals surface area contributed by atoms with E-state index >= 15 is 0 Å². The number of nitrogens with zero attached hydrogens (tertiary/aromatic N) is 2. The fraction of sp³-hybridized carbons (Fsp3) is 0.318. The SMILES string of the molecule is COCCN1C(=O)C(=O)/C(=C(\O)c2cccc(OC(C)C)c2)C1c1ccncc1. The fourth-order valence-corrected chi connectivity index (χ4v) is 3.34. The summed E-state index contributed by atoms with van der Waals surface area (Å²) < 4.78 is 10.8. The minimum absolute atomic E-state index is 0.0381. The van der Waals surface area contributed by atoms with Gasteiger partial charge in [-0.2, -0.15) is 0 Å². The zero-order valence-electron chi connectivity index (χ0n) is 16.7. The van der Waals surface area contributed by atoms with Crippen LogP contribution in [0.15, 0.2) is 54.4 Å². The van der Waals surface area contributed by atoms with Gasteiger partial charge in [0.05, 0.1) is 24.3 Å². The van der Waals surface area contributed by atoms with Crippen LogP contribution in [0.5, 0.6) is 5.75 Å². The second-order valence-corrected chi connectivity index (χ2v) is 6.96. The molecule has 1 amide bonds. The van der Waals surface area contributed by atoms with Gasteiger partial charge in [-0.05, 0) is 43.7 Å². The lowest BCUT2D eigenvalue weighted by Crippen LogP contribution is -2.32. The molecule has 1 atom stereocenters. The summed E-state index contributed by atoms with van der Waals surface area (Å²) in [4.78, 5) is 31.0. The molecule has 1 aliphatic heterocycles. The van der Waals surface area contributed by atoms with Crippen LogP contribution in [-0.2, 0) is 14.3 Å². The topological polar surface area (TPSA) is 89.0 Å². The van der Waals surface area contributed by atoms with Gasteiger partial charge in [0.1, 0.15) is 11.5 Å². The van der Waals surface area contributed by atoms with Crippen LogP contribution in [0.1, 0.15) is 31.0 Å². The summed E-state index contributed by atoms with van der Waals surface area (Å²) in [6.07, 6.45) is 3.13. The normalized spacial score (nSPS) is 18.5. The number of aliphatic hydroxyl groups excluding tert-OH is 1. The molecule has 1 aromatic heterocycles. The number of hydrogen-bond donors (Lipinski definition) is 1. The summed E-state index contributed by atoms with van der Waals surface area (Å²) in [5.74, 6) is -1.06. The lowest BCUT2D eigenvalue weighted by Gasteiger charge is -2.24. The molecule has 7 nitrogen and oxygen atoms in total. The van der Waals surface area contributed by atoms with Gasteiger partial charge in [-0.15, -0.1) is 0 Å². The Labute approximate surface area is 169 Å². The van der Waals surface area contributed by atoms with E-state index in [1.807, 2.05) is 13.8 Å². The highest BCUT2D eigenvalue weighted by molar-refractivity contribution is 6.46. The molecule has 0 saturated carbocycles. The lowest BCUT2D eigenvalue weighted by atomic mass is 9.96. The van der Waals surface area contributed by atoms with E-state index in [4.69, 9.17) is 9.47 Å². The number of rotatable bonds is 7. The summed E-state index contributed by atoms with van der Waals surface area (Å²) in [7, 11) is 1.53. The van der Waals surface area contributed by atoms with Gasteiger partial charge in [-0.25, -0.2) is 0 Å². The molecule has 0 spiro atoms. The maximum atomic E-state index is 12.8. The molecule has 29 heavy (non-hydrogen) atoms. The van der Waals surface area contributed by atoms with E-state index < -0.39 is 17.7 Å². The summed E-state index contributed by atoms with van der Waals surface area (Å²) in [5.41, 5.74) is 1.14. The van der Waals surface area contributed by atoms with Crippen molar-refractivity contribution in [2.75, 3.05) is 20.3 Å². The van der Waals surface area contributed by atoms with E-state index in [1.165, 1.54) is 12.0 Å². The summed E-state index contributed by atoms with van der Waals surface area (Å²) in [6, 6.07) is 9.56. The number of carbonyl (C=O) groups is 2. The van der Waals surface area contributed by atoms with Crippen LogP contribution in [0.3, 0.4) is 0 Å². The van der Waals surface area contributed by atoms with Crippen LogP contribution < -0.4 is 4.74 Å². The highest BCUT2D eigenvalue weighted by Crippen LogP contribution is 2.39. The van der Waals surface area contributed by atoms with Crippen molar-refractivity contribution in [3.05, 3.63) is 65.5 Å². The van der Waals surface area contributed by atoms with Gasteiger partial charge < -0.3 is 19.5 Å². The molecule has 0 radical (unpaired) electrons. The first-order valence-electron chi connectivity index (χ1n) is 9.38. The molecule has 7 heteroatoms. The van der Waals surface area contributed by atoms with Crippen LogP contribution >= 0.6 is 0 Å². The molecule has 0 aliphatic carbocycles. The molecule has 2 aromatic rings. The number of carbonyl (C=O) groups excluding carboxylic acids is 2. The van der Waals surface area contributed by atoms with Crippen molar-refractivity contribution in [2.24, 2.45) is 0 Å². The minimum Gasteiger partial charge on any atom is -0.507 e. The highest BCUT2D eigenvalue weighted by Gasteiger charge is 2.45. The number of ketones is 1. The Hall–Kier alpha value is -3.19. The summed E-state index contributed by atoms with van der Waals surface area (Å²) >= 11 is 0. The van der Waals surface area contributed by atoms with Gasteiger partial charge in [-0.3, -0.25) is 14.6 Å². The van der Waals surface area contributed by atoms with E-state index in [1.54, 1.807) is 48.8 Å². The van der Waals surface area contributed by atoms with E-state index in [2.05, 4.69) is 4.98 Å². The van der Waals surface area contributed by atoms with E-state index in [0.717, 1.165) is 0 Å². The molecule has 1 aromatic carbocycles. The molecule has 0 bridgehead atoms. The molecular weight excluding hydrogens is 372 g/mol. The monoisotopic (exact) mass is 396 g/mol. The third-order valence-electron chi connectivity index (χ3n) is 4.58. The van der Waals surface area contributed by atoms with E-state index in [-0.39, 0.29) is 30.6 Å². The number of likely N-dealkylation sites (tertiary alicyclic amines) is 1. The Kier molecular flexibility index (Phi) is 6.29. The predicted octanol–water partition coefficient (Wildman–Crippen LogP) is 2.94. The highest BCUT2D eigenvalue weighted by atomic mass is 16.5. The van der Waals surface area contributed by atoms with Gasteiger partial charge in [-0.1, -0.05) is 12.1 Å². The third kappa shape index (κ3) is 4.30. The second kappa shape index (κ2) is 8.87. The van der Waals surface area contributed by atoms with E-state index in [9.17, 15) is 14.7 Å². The first kappa shape index (κ1) is 20.5. The van der Waals surface area contributed by atoms with Crippen LogP contribution in [0.2, 0.25) is 0 Å². The molecule has 1 saturated heterocycles. The summed E-state index contributed by atoms with van der Waals surface area (Å²) in [5, 5.41) is 11.0. The quantitative estimate of drug-likeness (QED) is 0.440. The van der Waals surface area contributed by atoms with Crippen LogP contribution in [0, 0.1) is 0 Å². The van der Waals surface area contributed by atoms with Crippen molar-refractivity contribution < 1.29 is 24.2 Å². The van der Waals surface area contributed by atoms with Gasteiger partial charge in [0.2, 0.25) is 0 Å². The number of aromatic nitrogens is 1. The van der Waals surface area contributed by atoms with Gasteiger partial charge in [0.15, 0.2) is 0 Å².